The number of carbonyl (C=O) groups is 1. The van der Waals surface area contributed by atoms with Gasteiger partial charge in [0.2, 0.25) is 5.91 Å². The van der Waals surface area contributed by atoms with Crippen molar-refractivity contribution in [2.24, 2.45) is 0 Å². The van der Waals surface area contributed by atoms with Crippen molar-refractivity contribution in [3.63, 3.8) is 0 Å². The molecule has 1 atom stereocenters. The minimum Gasteiger partial charge on any atom is -0.462 e. The van der Waals surface area contributed by atoms with Crippen molar-refractivity contribution >= 4 is 5.91 Å². The molecule has 3 N–H and O–H groups in total. The summed E-state index contributed by atoms with van der Waals surface area (Å²) in [6, 6.07) is 3.92. The molecule has 1 aromatic heterocycles. The molecule has 5 nitrogen and oxygen atoms in total. The van der Waals surface area contributed by atoms with E-state index < -0.39 is 0 Å². The van der Waals surface area contributed by atoms with Crippen LogP contribution in [0.1, 0.15) is 24.4 Å². The third-order valence-electron chi connectivity index (χ3n) is 2.70. The Bertz CT molecular complexity index is 352. The number of piperidine rings is 1. The van der Waals surface area contributed by atoms with E-state index in [-0.39, 0.29) is 12.5 Å². The van der Waals surface area contributed by atoms with E-state index in [1.807, 2.05) is 6.07 Å². The predicted octanol–water partition coefficient (Wildman–Crippen LogP) is 0.140. The Hall–Kier alpha value is -1.33. The van der Waals surface area contributed by atoms with Crippen molar-refractivity contribution in [3.05, 3.63) is 23.7 Å². The SMILES string of the molecule is O=C1CCC(NCc2ccc(CO)o2)CN1. The monoisotopic (exact) mass is 224 g/mol. The molecule has 2 heterocycles. The Balaban J connectivity index is 1.76. The minimum absolute atomic E-state index is 0.0700. The van der Waals surface area contributed by atoms with Gasteiger partial charge in [-0.05, 0) is 18.6 Å². The van der Waals surface area contributed by atoms with Gasteiger partial charge in [-0.2, -0.15) is 0 Å². The van der Waals surface area contributed by atoms with Gasteiger partial charge in [-0.3, -0.25) is 4.79 Å². The average Bonchev–Trinajstić information content (AvgIpc) is 2.76. The van der Waals surface area contributed by atoms with E-state index in [2.05, 4.69) is 10.6 Å². The molecular weight excluding hydrogens is 208 g/mol. The summed E-state index contributed by atoms with van der Waals surface area (Å²) in [4.78, 5) is 10.9. The number of hydrogen-bond acceptors (Lipinski definition) is 4. The normalized spacial score (nSPS) is 20.8. The Morgan fingerprint density at radius 3 is 2.94 bits per heavy atom. The zero-order valence-corrected chi connectivity index (χ0v) is 9.03. The summed E-state index contributed by atoms with van der Waals surface area (Å²) in [5.74, 6) is 1.51. The molecule has 88 valence electrons. The van der Waals surface area contributed by atoms with Gasteiger partial charge < -0.3 is 20.2 Å². The summed E-state index contributed by atoms with van der Waals surface area (Å²) in [7, 11) is 0. The van der Waals surface area contributed by atoms with Crippen LogP contribution in [0.5, 0.6) is 0 Å². The molecule has 1 aliphatic rings. The maximum absolute atomic E-state index is 10.9. The maximum Gasteiger partial charge on any atom is 0.220 e. The van der Waals surface area contributed by atoms with Gasteiger partial charge in [0.25, 0.3) is 0 Å². The summed E-state index contributed by atoms with van der Waals surface area (Å²) in [5, 5.41) is 15.0. The molecule has 5 heteroatoms. The summed E-state index contributed by atoms with van der Waals surface area (Å²) in [5.41, 5.74) is 0. The lowest BCUT2D eigenvalue weighted by Gasteiger charge is -2.23. The number of furan rings is 1. The molecule has 0 bridgehead atoms. The summed E-state index contributed by atoms with van der Waals surface area (Å²) in [6.07, 6.45) is 1.44. The van der Waals surface area contributed by atoms with E-state index in [4.69, 9.17) is 9.52 Å². The Kier molecular flexibility index (Phi) is 3.58. The van der Waals surface area contributed by atoms with E-state index in [1.165, 1.54) is 0 Å². The van der Waals surface area contributed by atoms with Gasteiger partial charge in [0.15, 0.2) is 0 Å². The second-order valence-corrected chi connectivity index (χ2v) is 3.95. The van der Waals surface area contributed by atoms with E-state index in [9.17, 15) is 4.79 Å². The molecule has 0 radical (unpaired) electrons. The highest BCUT2D eigenvalue weighted by Gasteiger charge is 2.17. The first kappa shape index (κ1) is 11.2. The van der Waals surface area contributed by atoms with Crippen LogP contribution in [0.3, 0.4) is 0 Å². The number of hydrogen-bond donors (Lipinski definition) is 3. The Labute approximate surface area is 93.8 Å². The van der Waals surface area contributed by atoms with Gasteiger partial charge in [0, 0.05) is 19.0 Å². The molecule has 0 saturated carbocycles. The molecular formula is C11H16N2O3. The first-order valence-electron chi connectivity index (χ1n) is 5.46. The number of aliphatic hydroxyl groups is 1. The number of aliphatic hydroxyl groups excluding tert-OH is 1. The lowest BCUT2D eigenvalue weighted by atomic mass is 10.1. The smallest absolute Gasteiger partial charge is 0.220 e. The molecule has 1 aliphatic heterocycles. The van der Waals surface area contributed by atoms with Crippen molar-refractivity contribution in [1.82, 2.24) is 10.6 Å². The van der Waals surface area contributed by atoms with Crippen molar-refractivity contribution in [3.8, 4) is 0 Å². The molecule has 16 heavy (non-hydrogen) atoms. The molecule has 1 aromatic rings. The number of nitrogens with one attached hydrogen (secondary N) is 2. The number of amides is 1. The molecule has 0 aliphatic carbocycles. The largest absolute Gasteiger partial charge is 0.462 e. The fourth-order valence-electron chi connectivity index (χ4n) is 1.75. The lowest BCUT2D eigenvalue weighted by Crippen LogP contribution is -2.45. The van der Waals surface area contributed by atoms with Gasteiger partial charge >= 0.3 is 0 Å². The molecule has 1 fully saturated rings. The fourth-order valence-corrected chi connectivity index (χ4v) is 1.75. The molecule has 0 aromatic carbocycles. The van der Waals surface area contributed by atoms with Crippen LogP contribution in [0.2, 0.25) is 0 Å². The molecule has 1 unspecified atom stereocenters. The molecule has 1 amide bonds. The van der Waals surface area contributed by atoms with Gasteiger partial charge in [-0.25, -0.2) is 0 Å². The quantitative estimate of drug-likeness (QED) is 0.680. The van der Waals surface area contributed by atoms with Crippen molar-refractivity contribution in [2.45, 2.75) is 32.0 Å². The van der Waals surface area contributed by atoms with Crippen molar-refractivity contribution in [2.75, 3.05) is 6.54 Å². The Morgan fingerprint density at radius 1 is 1.50 bits per heavy atom. The van der Waals surface area contributed by atoms with Crippen molar-refractivity contribution in [1.29, 1.82) is 0 Å². The van der Waals surface area contributed by atoms with Gasteiger partial charge in [-0.1, -0.05) is 0 Å². The van der Waals surface area contributed by atoms with E-state index in [1.54, 1.807) is 6.07 Å². The Morgan fingerprint density at radius 2 is 2.31 bits per heavy atom. The van der Waals surface area contributed by atoms with Crippen LogP contribution in [-0.4, -0.2) is 23.6 Å². The van der Waals surface area contributed by atoms with Gasteiger partial charge in [0.1, 0.15) is 18.1 Å². The van der Waals surface area contributed by atoms with Gasteiger partial charge in [-0.15, -0.1) is 0 Å². The first-order valence-corrected chi connectivity index (χ1v) is 5.46. The second kappa shape index (κ2) is 5.14. The topological polar surface area (TPSA) is 74.5 Å². The first-order chi connectivity index (χ1) is 7.78. The predicted molar refractivity (Wildman–Crippen MR) is 57.5 cm³/mol. The third-order valence-corrected chi connectivity index (χ3v) is 2.70. The van der Waals surface area contributed by atoms with Crippen LogP contribution in [0.25, 0.3) is 0 Å². The highest BCUT2D eigenvalue weighted by molar-refractivity contribution is 5.76. The van der Waals surface area contributed by atoms with Crippen LogP contribution in [0, 0.1) is 0 Å². The standard InChI is InChI=1S/C11H16N2O3/c14-7-10-3-2-9(16-10)6-12-8-1-4-11(15)13-5-8/h2-3,8,12,14H,1,4-7H2,(H,13,15). The van der Waals surface area contributed by atoms with Crippen LogP contribution in [0.15, 0.2) is 16.5 Å². The lowest BCUT2D eigenvalue weighted by molar-refractivity contribution is -0.122. The van der Waals surface area contributed by atoms with E-state index in [0.29, 0.717) is 31.3 Å². The van der Waals surface area contributed by atoms with Crippen molar-refractivity contribution < 1.29 is 14.3 Å². The zero-order chi connectivity index (χ0) is 11.4. The second-order valence-electron chi connectivity index (χ2n) is 3.95. The maximum atomic E-state index is 10.9. The summed E-state index contributed by atoms with van der Waals surface area (Å²) in [6.45, 7) is 1.23. The fraction of sp³-hybridized carbons (Fsp3) is 0.545. The van der Waals surface area contributed by atoms with Gasteiger partial charge in [0.05, 0.1) is 6.54 Å². The third kappa shape index (κ3) is 2.84. The van der Waals surface area contributed by atoms with Crippen LogP contribution in [0.4, 0.5) is 0 Å². The van der Waals surface area contributed by atoms with Crippen LogP contribution >= 0.6 is 0 Å². The summed E-state index contributed by atoms with van der Waals surface area (Å²) < 4.78 is 5.35. The minimum atomic E-state index is -0.0700. The van der Waals surface area contributed by atoms with E-state index >= 15 is 0 Å². The highest BCUT2D eigenvalue weighted by Crippen LogP contribution is 2.09. The zero-order valence-electron chi connectivity index (χ0n) is 9.03. The molecule has 2 rings (SSSR count). The highest BCUT2D eigenvalue weighted by atomic mass is 16.4. The number of rotatable bonds is 4. The van der Waals surface area contributed by atoms with E-state index in [0.717, 1.165) is 12.2 Å². The molecule has 1 saturated heterocycles. The summed E-state index contributed by atoms with van der Waals surface area (Å²) >= 11 is 0. The van der Waals surface area contributed by atoms with Crippen LogP contribution < -0.4 is 10.6 Å². The number of carbonyl (C=O) groups excluding carboxylic acids is 1. The molecule has 0 spiro atoms. The van der Waals surface area contributed by atoms with Crippen LogP contribution in [-0.2, 0) is 17.9 Å². The average molecular weight is 224 g/mol.